The minimum atomic E-state index is -0.381. The van der Waals surface area contributed by atoms with Crippen LogP contribution in [0.25, 0.3) is 0 Å². The van der Waals surface area contributed by atoms with Gasteiger partial charge in [0.15, 0.2) is 0 Å². The molecule has 0 spiro atoms. The van der Waals surface area contributed by atoms with Crippen LogP contribution in [0.4, 0.5) is 4.39 Å². The van der Waals surface area contributed by atoms with Gasteiger partial charge >= 0.3 is 5.97 Å². The highest BCUT2D eigenvalue weighted by Gasteiger charge is 2.14. The Bertz CT molecular complexity index is 431. The number of carbonyl (C=O) groups is 2. The molecule has 0 aliphatic heterocycles. The molecule has 1 atom stereocenters. The zero-order valence-electron chi connectivity index (χ0n) is 11.1. The second-order valence-electron chi connectivity index (χ2n) is 4.27. The molecule has 1 rings (SSSR count). The number of hydrogen-bond donors (Lipinski definition) is 1. The van der Waals surface area contributed by atoms with Gasteiger partial charge in [-0.1, -0.05) is 13.3 Å². The molecule has 0 fully saturated rings. The van der Waals surface area contributed by atoms with Crippen molar-refractivity contribution in [3.05, 3.63) is 35.6 Å². The van der Waals surface area contributed by atoms with Gasteiger partial charge in [0.05, 0.1) is 7.11 Å². The molecule has 0 bridgehead atoms. The third kappa shape index (κ3) is 5.07. The van der Waals surface area contributed by atoms with Crippen LogP contribution in [0.15, 0.2) is 24.3 Å². The van der Waals surface area contributed by atoms with Gasteiger partial charge in [-0.25, -0.2) is 4.39 Å². The van der Waals surface area contributed by atoms with Crippen molar-refractivity contribution in [3.63, 3.8) is 0 Å². The molecule has 0 saturated heterocycles. The highest BCUT2D eigenvalue weighted by molar-refractivity contribution is 5.94. The Kier molecular flexibility index (Phi) is 5.99. The lowest BCUT2D eigenvalue weighted by atomic mass is 10.0. The zero-order valence-corrected chi connectivity index (χ0v) is 11.1. The lowest BCUT2D eigenvalue weighted by Crippen LogP contribution is -2.30. The van der Waals surface area contributed by atoms with E-state index in [0.717, 1.165) is 6.42 Å². The van der Waals surface area contributed by atoms with Gasteiger partial charge in [-0.3, -0.25) is 9.59 Å². The van der Waals surface area contributed by atoms with Crippen molar-refractivity contribution in [3.8, 4) is 0 Å². The summed E-state index contributed by atoms with van der Waals surface area (Å²) in [6.45, 7) is 2.33. The molecular weight excluding hydrogens is 249 g/mol. The van der Waals surface area contributed by atoms with Gasteiger partial charge in [-0.2, -0.15) is 0 Å². The molecule has 0 saturated carbocycles. The molecule has 19 heavy (non-hydrogen) atoms. The van der Waals surface area contributed by atoms with E-state index in [-0.39, 0.29) is 30.0 Å². The standard InChI is InChI=1S/C14H18FNO3/c1-3-10(8-13(17)19-2)9-16-14(18)11-4-6-12(15)7-5-11/h4-7,10H,3,8-9H2,1-2H3,(H,16,18). The Morgan fingerprint density at radius 2 is 1.95 bits per heavy atom. The third-order valence-electron chi connectivity index (χ3n) is 2.92. The number of rotatable bonds is 6. The lowest BCUT2D eigenvalue weighted by molar-refractivity contribution is -0.141. The predicted octanol–water partition coefficient (Wildman–Crippen LogP) is 2.14. The van der Waals surface area contributed by atoms with Crippen LogP contribution in [0.1, 0.15) is 30.1 Å². The van der Waals surface area contributed by atoms with Crippen LogP contribution in [0.5, 0.6) is 0 Å². The molecule has 0 heterocycles. The highest BCUT2D eigenvalue weighted by Crippen LogP contribution is 2.09. The average molecular weight is 267 g/mol. The van der Waals surface area contributed by atoms with E-state index in [4.69, 9.17) is 0 Å². The fourth-order valence-electron chi connectivity index (χ4n) is 1.62. The maximum Gasteiger partial charge on any atom is 0.305 e. The summed E-state index contributed by atoms with van der Waals surface area (Å²) in [5.74, 6) is -0.906. The van der Waals surface area contributed by atoms with Crippen molar-refractivity contribution in [2.45, 2.75) is 19.8 Å². The Balaban J connectivity index is 2.48. The summed E-state index contributed by atoms with van der Waals surface area (Å²) < 4.78 is 17.3. The maximum absolute atomic E-state index is 12.7. The van der Waals surface area contributed by atoms with Crippen LogP contribution in [0, 0.1) is 11.7 Å². The summed E-state index contributed by atoms with van der Waals surface area (Å²) in [5, 5.41) is 2.73. The Hall–Kier alpha value is -1.91. The number of esters is 1. The normalized spacial score (nSPS) is 11.7. The molecule has 4 nitrogen and oxygen atoms in total. The van der Waals surface area contributed by atoms with Crippen molar-refractivity contribution in [1.82, 2.24) is 5.32 Å². The van der Waals surface area contributed by atoms with Gasteiger partial charge in [-0.05, 0) is 30.2 Å². The van der Waals surface area contributed by atoms with Crippen LogP contribution in [-0.2, 0) is 9.53 Å². The molecule has 0 aromatic heterocycles. The summed E-state index contributed by atoms with van der Waals surface area (Å²) in [6, 6.07) is 5.32. The Morgan fingerprint density at radius 1 is 1.32 bits per heavy atom. The SMILES string of the molecule is CCC(CNC(=O)c1ccc(F)cc1)CC(=O)OC. The van der Waals surface area contributed by atoms with E-state index < -0.39 is 0 Å². The third-order valence-corrected chi connectivity index (χ3v) is 2.92. The highest BCUT2D eigenvalue weighted by atomic mass is 19.1. The molecular formula is C14H18FNO3. The van der Waals surface area contributed by atoms with Gasteiger partial charge in [0.2, 0.25) is 0 Å². The second kappa shape index (κ2) is 7.51. The first-order valence-electron chi connectivity index (χ1n) is 6.17. The summed E-state index contributed by atoms with van der Waals surface area (Å²) in [5.41, 5.74) is 0.398. The maximum atomic E-state index is 12.7. The van der Waals surface area contributed by atoms with Crippen molar-refractivity contribution in [1.29, 1.82) is 0 Å². The van der Waals surface area contributed by atoms with Gasteiger partial charge in [0.25, 0.3) is 5.91 Å². The van der Waals surface area contributed by atoms with E-state index in [0.29, 0.717) is 12.1 Å². The number of amides is 1. The minimum absolute atomic E-state index is 0.0387. The molecule has 0 aliphatic rings. The second-order valence-corrected chi connectivity index (χ2v) is 4.27. The fraction of sp³-hybridized carbons (Fsp3) is 0.429. The number of benzene rings is 1. The van der Waals surface area contributed by atoms with E-state index in [1.807, 2.05) is 6.92 Å². The number of methoxy groups -OCH3 is 1. The molecule has 1 amide bonds. The van der Waals surface area contributed by atoms with Crippen molar-refractivity contribution in [2.75, 3.05) is 13.7 Å². The summed E-state index contributed by atoms with van der Waals surface area (Å²) >= 11 is 0. The molecule has 1 aromatic carbocycles. The smallest absolute Gasteiger partial charge is 0.305 e. The van der Waals surface area contributed by atoms with Gasteiger partial charge in [0.1, 0.15) is 5.82 Å². The first kappa shape index (κ1) is 15.1. The fourth-order valence-corrected chi connectivity index (χ4v) is 1.62. The van der Waals surface area contributed by atoms with Crippen molar-refractivity contribution >= 4 is 11.9 Å². The summed E-state index contributed by atoms with van der Waals surface area (Å²) in [7, 11) is 1.34. The summed E-state index contributed by atoms with van der Waals surface area (Å²) in [4.78, 5) is 22.9. The van der Waals surface area contributed by atoms with E-state index in [2.05, 4.69) is 10.1 Å². The summed E-state index contributed by atoms with van der Waals surface area (Å²) in [6.07, 6.45) is 1.04. The van der Waals surface area contributed by atoms with Crippen LogP contribution in [-0.4, -0.2) is 25.5 Å². The van der Waals surface area contributed by atoms with Gasteiger partial charge in [0, 0.05) is 18.5 Å². The quantitative estimate of drug-likeness (QED) is 0.803. The first-order valence-corrected chi connectivity index (χ1v) is 6.17. The number of nitrogens with one attached hydrogen (secondary N) is 1. The number of ether oxygens (including phenoxy) is 1. The molecule has 1 unspecified atom stereocenters. The lowest BCUT2D eigenvalue weighted by Gasteiger charge is -2.14. The van der Waals surface area contributed by atoms with E-state index in [9.17, 15) is 14.0 Å². The van der Waals surface area contributed by atoms with Gasteiger partial charge < -0.3 is 10.1 Å². The molecule has 1 aromatic rings. The minimum Gasteiger partial charge on any atom is -0.469 e. The van der Waals surface area contributed by atoms with Crippen LogP contribution in [0.3, 0.4) is 0 Å². The number of carbonyl (C=O) groups excluding carboxylic acids is 2. The molecule has 5 heteroatoms. The van der Waals surface area contributed by atoms with Crippen LogP contribution in [0.2, 0.25) is 0 Å². The predicted molar refractivity (Wildman–Crippen MR) is 69.1 cm³/mol. The monoisotopic (exact) mass is 267 g/mol. The number of hydrogen-bond acceptors (Lipinski definition) is 3. The van der Waals surface area contributed by atoms with Crippen molar-refractivity contribution in [2.24, 2.45) is 5.92 Å². The topological polar surface area (TPSA) is 55.4 Å². The first-order chi connectivity index (χ1) is 9.06. The van der Waals surface area contributed by atoms with E-state index in [1.165, 1.54) is 31.4 Å². The molecule has 0 radical (unpaired) electrons. The average Bonchev–Trinajstić information content (AvgIpc) is 2.43. The molecule has 104 valence electrons. The molecule has 1 N–H and O–H groups in total. The van der Waals surface area contributed by atoms with Crippen molar-refractivity contribution < 1.29 is 18.7 Å². The van der Waals surface area contributed by atoms with E-state index >= 15 is 0 Å². The van der Waals surface area contributed by atoms with Crippen LogP contribution < -0.4 is 5.32 Å². The molecule has 0 aliphatic carbocycles. The van der Waals surface area contributed by atoms with Gasteiger partial charge in [-0.15, -0.1) is 0 Å². The Labute approximate surface area is 112 Å². The number of halogens is 1. The largest absolute Gasteiger partial charge is 0.469 e. The Morgan fingerprint density at radius 3 is 2.47 bits per heavy atom. The van der Waals surface area contributed by atoms with Crippen LogP contribution >= 0.6 is 0 Å². The van der Waals surface area contributed by atoms with E-state index in [1.54, 1.807) is 0 Å². The zero-order chi connectivity index (χ0) is 14.3.